The maximum Gasteiger partial charge on any atom is 0.269 e. The summed E-state index contributed by atoms with van der Waals surface area (Å²) in [5.41, 5.74) is 4.37. The fourth-order valence-corrected chi connectivity index (χ4v) is 8.19. The first-order valence-corrected chi connectivity index (χ1v) is 15.2. The van der Waals surface area contributed by atoms with Crippen molar-refractivity contribution in [3.05, 3.63) is 63.5 Å². The van der Waals surface area contributed by atoms with Crippen molar-refractivity contribution in [2.45, 2.75) is 56.9 Å². The molecule has 46 heavy (non-hydrogen) atoms. The van der Waals surface area contributed by atoms with Gasteiger partial charge in [-0.1, -0.05) is 6.07 Å². The third-order valence-electron chi connectivity index (χ3n) is 10.0. The first kappa shape index (κ1) is 31.3. The van der Waals surface area contributed by atoms with Crippen molar-refractivity contribution in [2.24, 2.45) is 0 Å². The van der Waals surface area contributed by atoms with E-state index in [1.54, 1.807) is 38.6 Å². The number of aromatic nitrogens is 1. The van der Waals surface area contributed by atoms with Crippen LogP contribution < -0.4 is 24.3 Å². The summed E-state index contributed by atoms with van der Waals surface area (Å²) >= 11 is 0. The number of benzene rings is 2. The number of piperazine rings is 1. The lowest BCUT2D eigenvalue weighted by atomic mass is 9.71. The standard InChI is InChI=1S/C34H39N5O7/c1-16-30(43-4)18-13-22-27-26-19(31(44-5)17(2)33(46-7)29(26)41)12-21(38(27)3)23(14-35)39(22)24(25(18)28(40)32(16)45-6)15-37-34(42)20-10-8-9-11-36-20/h8-11,21-24,27,40-41H,12-13,15H2,1-7H3,(H,37,42)/t21-,22+,23+,24+,27-/m1/s1. The van der Waals surface area contributed by atoms with E-state index in [0.717, 1.165) is 11.1 Å². The molecule has 4 heterocycles. The lowest BCUT2D eigenvalue weighted by Crippen LogP contribution is -2.68. The zero-order chi connectivity index (χ0) is 33.0. The molecule has 3 aromatic rings. The lowest BCUT2D eigenvalue weighted by molar-refractivity contribution is -0.0724. The molecule has 0 aliphatic carbocycles. The lowest BCUT2D eigenvalue weighted by Gasteiger charge is -2.60. The van der Waals surface area contributed by atoms with E-state index in [1.807, 2.05) is 20.9 Å². The molecule has 3 aliphatic rings. The summed E-state index contributed by atoms with van der Waals surface area (Å²) in [6.45, 7) is 3.73. The number of nitrogens with one attached hydrogen (secondary N) is 1. The minimum absolute atomic E-state index is 0.0352. The van der Waals surface area contributed by atoms with Gasteiger partial charge in [0.15, 0.2) is 23.0 Å². The molecule has 0 unspecified atom stereocenters. The summed E-state index contributed by atoms with van der Waals surface area (Å²) in [5.74, 6) is 1.38. The molecule has 0 radical (unpaired) electrons. The number of pyridine rings is 1. The molecule has 6 rings (SSSR count). The molecule has 3 aliphatic heterocycles. The van der Waals surface area contributed by atoms with Crippen LogP contribution in [0.3, 0.4) is 0 Å². The molecule has 0 spiro atoms. The Labute approximate surface area is 268 Å². The number of hydrogen-bond acceptors (Lipinski definition) is 11. The number of nitriles is 1. The molecule has 2 bridgehead atoms. The van der Waals surface area contributed by atoms with Gasteiger partial charge in [-0.15, -0.1) is 0 Å². The van der Waals surface area contributed by atoms with Crippen LogP contribution in [0.5, 0.6) is 34.5 Å². The summed E-state index contributed by atoms with van der Waals surface area (Å²) < 4.78 is 23.2. The van der Waals surface area contributed by atoms with Crippen LogP contribution in [0, 0.1) is 25.2 Å². The Kier molecular flexibility index (Phi) is 8.08. The quantitative estimate of drug-likeness (QED) is 0.353. The summed E-state index contributed by atoms with van der Waals surface area (Å²) in [4.78, 5) is 21.7. The molecule has 242 valence electrons. The third-order valence-corrected chi connectivity index (χ3v) is 10.0. The smallest absolute Gasteiger partial charge is 0.269 e. The number of phenols is 2. The van der Waals surface area contributed by atoms with Crippen molar-refractivity contribution in [1.29, 1.82) is 5.26 Å². The molecule has 0 saturated carbocycles. The monoisotopic (exact) mass is 629 g/mol. The average Bonchev–Trinajstić information content (AvgIpc) is 3.05. The van der Waals surface area contributed by atoms with Crippen molar-refractivity contribution in [3.63, 3.8) is 0 Å². The molecule has 2 aromatic carbocycles. The van der Waals surface area contributed by atoms with E-state index in [2.05, 4.69) is 26.2 Å². The second-order valence-electron chi connectivity index (χ2n) is 12.0. The van der Waals surface area contributed by atoms with E-state index in [9.17, 15) is 20.3 Å². The van der Waals surface area contributed by atoms with Gasteiger partial charge in [-0.3, -0.25) is 19.6 Å². The highest BCUT2D eigenvalue weighted by Gasteiger charge is 2.57. The Bertz CT molecular complexity index is 1740. The Morgan fingerprint density at radius 2 is 1.50 bits per heavy atom. The van der Waals surface area contributed by atoms with Crippen LogP contribution in [0.1, 0.15) is 56.0 Å². The molecular formula is C34H39N5O7. The summed E-state index contributed by atoms with van der Waals surface area (Å²) in [5, 5.41) is 37.4. The van der Waals surface area contributed by atoms with E-state index in [1.165, 1.54) is 14.2 Å². The van der Waals surface area contributed by atoms with E-state index in [0.29, 0.717) is 52.3 Å². The van der Waals surface area contributed by atoms with Crippen LogP contribution in [-0.4, -0.2) is 91.1 Å². The fraction of sp³-hybridized carbons (Fsp3) is 0.441. The Morgan fingerprint density at radius 1 is 0.935 bits per heavy atom. The number of carbonyl (C=O) groups excluding carboxylic acids is 1. The number of phenolic OH excluding ortho intramolecular Hbond substituents is 2. The van der Waals surface area contributed by atoms with Gasteiger partial charge in [0.05, 0.1) is 46.6 Å². The molecule has 5 atom stereocenters. The molecule has 1 amide bonds. The van der Waals surface area contributed by atoms with Gasteiger partial charge in [-0.25, -0.2) is 0 Å². The van der Waals surface area contributed by atoms with E-state index >= 15 is 0 Å². The first-order chi connectivity index (χ1) is 22.1. The number of aromatic hydroxyl groups is 2. The second kappa shape index (κ2) is 11.9. The summed E-state index contributed by atoms with van der Waals surface area (Å²) in [6, 6.07) is 5.25. The number of carbonyl (C=O) groups is 1. The van der Waals surface area contributed by atoms with E-state index in [4.69, 9.17) is 18.9 Å². The molecule has 12 nitrogen and oxygen atoms in total. The van der Waals surface area contributed by atoms with Gasteiger partial charge < -0.3 is 34.5 Å². The third kappa shape index (κ3) is 4.40. The number of hydrogen-bond donors (Lipinski definition) is 3. The van der Waals surface area contributed by atoms with Crippen LogP contribution in [0.25, 0.3) is 0 Å². The van der Waals surface area contributed by atoms with Crippen LogP contribution in [0.15, 0.2) is 24.4 Å². The van der Waals surface area contributed by atoms with Gasteiger partial charge in [-0.05, 0) is 45.9 Å². The van der Waals surface area contributed by atoms with Crippen LogP contribution in [0.4, 0.5) is 0 Å². The van der Waals surface area contributed by atoms with Crippen molar-refractivity contribution < 1.29 is 34.0 Å². The fourth-order valence-electron chi connectivity index (χ4n) is 8.19. The minimum Gasteiger partial charge on any atom is -0.504 e. The molecule has 1 saturated heterocycles. The van der Waals surface area contributed by atoms with E-state index < -0.39 is 24.2 Å². The highest BCUT2D eigenvalue weighted by Crippen LogP contribution is 2.58. The molecule has 3 N–H and O–H groups in total. The molecular weight excluding hydrogens is 590 g/mol. The number of rotatable bonds is 7. The predicted octanol–water partition coefficient (Wildman–Crippen LogP) is 3.35. The normalized spacial score (nSPS) is 23.3. The number of methoxy groups -OCH3 is 4. The predicted molar refractivity (Wildman–Crippen MR) is 168 cm³/mol. The molecule has 1 aromatic heterocycles. The van der Waals surface area contributed by atoms with Crippen molar-refractivity contribution in [1.82, 2.24) is 20.1 Å². The Hall–Kier alpha value is -4.73. The maximum absolute atomic E-state index is 13.3. The van der Waals surface area contributed by atoms with Gasteiger partial charge in [0, 0.05) is 58.2 Å². The summed E-state index contributed by atoms with van der Waals surface area (Å²) in [7, 11) is 8.15. The van der Waals surface area contributed by atoms with Gasteiger partial charge in [-0.2, -0.15) is 5.26 Å². The van der Waals surface area contributed by atoms with Crippen LogP contribution in [0.2, 0.25) is 0 Å². The first-order valence-electron chi connectivity index (χ1n) is 15.2. The molecule has 1 fully saturated rings. The number of ether oxygens (including phenoxy) is 4. The summed E-state index contributed by atoms with van der Waals surface area (Å²) in [6.07, 6.45) is 2.35. The van der Waals surface area contributed by atoms with Gasteiger partial charge >= 0.3 is 0 Å². The zero-order valence-electron chi connectivity index (χ0n) is 27.0. The Morgan fingerprint density at radius 3 is 2.04 bits per heavy atom. The van der Waals surface area contributed by atoms with Crippen LogP contribution >= 0.6 is 0 Å². The van der Waals surface area contributed by atoms with E-state index in [-0.39, 0.29) is 41.4 Å². The largest absolute Gasteiger partial charge is 0.504 e. The minimum atomic E-state index is -0.661. The highest BCUT2D eigenvalue weighted by molar-refractivity contribution is 5.92. The van der Waals surface area contributed by atoms with Crippen molar-refractivity contribution in [2.75, 3.05) is 42.0 Å². The van der Waals surface area contributed by atoms with Gasteiger partial charge in [0.2, 0.25) is 0 Å². The molecule has 12 heteroatoms. The van der Waals surface area contributed by atoms with Crippen LogP contribution in [-0.2, 0) is 12.8 Å². The SMILES string of the molecule is COc1c(C)c(OC)c2c(c1O)[C@H]1[C@@H]3Cc4c(OC)c(C)c(OC)c(O)c4[C@H](CNC(=O)c4ccccn4)N3[C@@H](C#N)[C@@H](C2)N1C. The number of likely N-dealkylation sites (N-methyl/N-ethyl adjacent to an activating group) is 1. The van der Waals surface area contributed by atoms with Gasteiger partial charge in [0.25, 0.3) is 5.91 Å². The number of amides is 1. The number of nitrogens with zero attached hydrogens (tertiary/aromatic N) is 4. The zero-order valence-corrected chi connectivity index (χ0v) is 27.0. The Balaban J connectivity index is 1.59. The topological polar surface area (TPSA) is 150 Å². The maximum atomic E-state index is 13.3. The second-order valence-corrected chi connectivity index (χ2v) is 12.0. The van der Waals surface area contributed by atoms with Gasteiger partial charge in [0.1, 0.15) is 23.2 Å². The highest BCUT2D eigenvalue weighted by atomic mass is 16.5. The number of fused-ring (bicyclic) bond motifs is 7. The average molecular weight is 630 g/mol. The van der Waals surface area contributed by atoms with Crippen molar-refractivity contribution >= 4 is 5.91 Å². The van der Waals surface area contributed by atoms with Crippen molar-refractivity contribution in [3.8, 4) is 40.6 Å².